The molecule has 1 unspecified atom stereocenters. The van der Waals surface area contributed by atoms with Crippen LogP contribution in [0.5, 0.6) is 5.88 Å². The van der Waals surface area contributed by atoms with E-state index in [0.717, 1.165) is 44.1 Å². The first kappa shape index (κ1) is 17.0. The number of ether oxygens (including phenoxy) is 2. The maximum absolute atomic E-state index is 5.79. The van der Waals surface area contributed by atoms with E-state index in [4.69, 9.17) is 9.47 Å². The predicted molar refractivity (Wildman–Crippen MR) is 88.2 cm³/mol. The van der Waals surface area contributed by atoms with Crippen molar-refractivity contribution in [1.82, 2.24) is 9.97 Å². The minimum atomic E-state index is 0.00764. The van der Waals surface area contributed by atoms with Crippen LogP contribution in [0, 0.1) is 11.8 Å². The van der Waals surface area contributed by atoms with E-state index in [1.807, 2.05) is 6.07 Å². The Morgan fingerprint density at radius 2 is 2.09 bits per heavy atom. The van der Waals surface area contributed by atoms with Crippen molar-refractivity contribution < 1.29 is 9.47 Å². The summed E-state index contributed by atoms with van der Waals surface area (Å²) in [6, 6.07) is 1.89. The zero-order valence-electron chi connectivity index (χ0n) is 14.3. The summed E-state index contributed by atoms with van der Waals surface area (Å²) >= 11 is 0. The van der Waals surface area contributed by atoms with E-state index in [2.05, 4.69) is 43.0 Å². The summed E-state index contributed by atoms with van der Waals surface area (Å²) in [5.41, 5.74) is 0. The third-order valence-electron chi connectivity index (χ3n) is 3.53. The van der Waals surface area contributed by atoms with E-state index in [-0.39, 0.29) is 6.10 Å². The standard InChI is InChI=1S/C17H29N3O2/c1-12(2)7-8-18-15-10-16(22-11-13(3)4)20-17(19-15)14-6-5-9-21-14/h10,12-14H,5-9,11H2,1-4H3,(H,18,19,20). The van der Waals surface area contributed by atoms with Gasteiger partial charge in [0.1, 0.15) is 11.9 Å². The van der Waals surface area contributed by atoms with Crippen LogP contribution in [0.15, 0.2) is 6.07 Å². The molecule has 1 saturated heterocycles. The lowest BCUT2D eigenvalue weighted by Crippen LogP contribution is -2.12. The highest BCUT2D eigenvalue weighted by Crippen LogP contribution is 2.28. The van der Waals surface area contributed by atoms with Gasteiger partial charge >= 0.3 is 0 Å². The molecule has 0 bridgehead atoms. The first-order chi connectivity index (χ1) is 10.5. The Hall–Kier alpha value is -1.36. The molecule has 0 spiro atoms. The lowest BCUT2D eigenvalue weighted by molar-refractivity contribution is 0.104. The monoisotopic (exact) mass is 307 g/mol. The molecule has 2 heterocycles. The zero-order valence-corrected chi connectivity index (χ0v) is 14.3. The minimum absolute atomic E-state index is 0.00764. The average molecular weight is 307 g/mol. The fourth-order valence-electron chi connectivity index (χ4n) is 2.27. The fraction of sp³-hybridized carbons (Fsp3) is 0.765. The summed E-state index contributed by atoms with van der Waals surface area (Å²) in [6.07, 6.45) is 3.18. The number of nitrogens with zero attached hydrogens (tertiary/aromatic N) is 2. The molecule has 1 aromatic rings. The molecule has 2 rings (SSSR count). The third-order valence-corrected chi connectivity index (χ3v) is 3.53. The summed E-state index contributed by atoms with van der Waals surface area (Å²) < 4.78 is 11.5. The van der Waals surface area contributed by atoms with Gasteiger partial charge in [0.15, 0.2) is 5.82 Å². The lowest BCUT2D eigenvalue weighted by Gasteiger charge is -2.15. The van der Waals surface area contributed by atoms with Crippen LogP contribution in [0.1, 0.15) is 58.9 Å². The molecule has 0 saturated carbocycles. The molecule has 1 atom stereocenters. The zero-order chi connectivity index (χ0) is 15.9. The molecule has 0 aliphatic carbocycles. The van der Waals surface area contributed by atoms with Crippen molar-refractivity contribution in [3.63, 3.8) is 0 Å². The van der Waals surface area contributed by atoms with Crippen LogP contribution in [0.4, 0.5) is 5.82 Å². The number of nitrogens with one attached hydrogen (secondary N) is 1. The maximum atomic E-state index is 5.79. The van der Waals surface area contributed by atoms with Gasteiger partial charge in [-0.05, 0) is 31.1 Å². The summed E-state index contributed by atoms with van der Waals surface area (Å²) in [7, 11) is 0. The Bertz CT molecular complexity index is 457. The molecule has 5 nitrogen and oxygen atoms in total. The normalized spacial score (nSPS) is 18.2. The molecule has 124 valence electrons. The highest BCUT2D eigenvalue weighted by Gasteiger charge is 2.22. The van der Waals surface area contributed by atoms with Gasteiger partial charge in [-0.25, -0.2) is 4.98 Å². The van der Waals surface area contributed by atoms with Crippen molar-refractivity contribution in [2.75, 3.05) is 25.1 Å². The molecule has 22 heavy (non-hydrogen) atoms. The largest absolute Gasteiger partial charge is 0.477 e. The van der Waals surface area contributed by atoms with Crippen LogP contribution in [0.2, 0.25) is 0 Å². The van der Waals surface area contributed by atoms with Crippen LogP contribution < -0.4 is 10.1 Å². The van der Waals surface area contributed by atoms with Crippen LogP contribution >= 0.6 is 0 Å². The molecule has 1 aliphatic rings. The molecule has 0 radical (unpaired) electrons. The van der Waals surface area contributed by atoms with Gasteiger partial charge in [-0.2, -0.15) is 4.98 Å². The molecule has 1 aromatic heterocycles. The van der Waals surface area contributed by atoms with E-state index >= 15 is 0 Å². The third kappa shape index (κ3) is 5.44. The van der Waals surface area contributed by atoms with E-state index < -0.39 is 0 Å². The summed E-state index contributed by atoms with van der Waals surface area (Å²) in [6.45, 7) is 11.1. The van der Waals surface area contributed by atoms with Crippen molar-refractivity contribution in [2.45, 2.75) is 53.1 Å². The van der Waals surface area contributed by atoms with E-state index in [1.54, 1.807) is 0 Å². The molecule has 0 amide bonds. The number of anilines is 1. The lowest BCUT2D eigenvalue weighted by atomic mass is 10.1. The summed E-state index contributed by atoms with van der Waals surface area (Å²) in [5, 5.41) is 3.38. The molecule has 0 aromatic carbocycles. The Kier molecular flexibility index (Phi) is 6.43. The Balaban J connectivity index is 2.08. The minimum Gasteiger partial charge on any atom is -0.477 e. The maximum Gasteiger partial charge on any atom is 0.218 e. The molecule has 1 N–H and O–H groups in total. The molecule has 5 heteroatoms. The summed E-state index contributed by atoms with van der Waals surface area (Å²) in [5.74, 6) is 3.36. The SMILES string of the molecule is CC(C)CCNc1cc(OCC(C)C)nc(C2CCCO2)n1. The topological polar surface area (TPSA) is 56.3 Å². The van der Waals surface area contributed by atoms with Crippen LogP contribution in [-0.2, 0) is 4.74 Å². The highest BCUT2D eigenvalue weighted by molar-refractivity contribution is 5.38. The average Bonchev–Trinajstić information content (AvgIpc) is 2.99. The number of aromatic nitrogens is 2. The van der Waals surface area contributed by atoms with E-state index in [0.29, 0.717) is 24.3 Å². The quantitative estimate of drug-likeness (QED) is 0.791. The van der Waals surface area contributed by atoms with Crippen molar-refractivity contribution in [3.05, 3.63) is 11.9 Å². The van der Waals surface area contributed by atoms with Crippen LogP contribution in [-0.4, -0.2) is 29.7 Å². The number of hydrogen-bond donors (Lipinski definition) is 1. The van der Waals surface area contributed by atoms with E-state index in [9.17, 15) is 0 Å². The van der Waals surface area contributed by atoms with Crippen LogP contribution in [0.25, 0.3) is 0 Å². The summed E-state index contributed by atoms with van der Waals surface area (Å²) in [4.78, 5) is 9.14. The Morgan fingerprint density at radius 3 is 2.73 bits per heavy atom. The van der Waals surface area contributed by atoms with Gasteiger partial charge in [-0.3, -0.25) is 0 Å². The first-order valence-electron chi connectivity index (χ1n) is 8.42. The molecular formula is C17H29N3O2. The van der Waals surface area contributed by atoms with Gasteiger partial charge in [0.2, 0.25) is 5.88 Å². The first-order valence-corrected chi connectivity index (χ1v) is 8.42. The van der Waals surface area contributed by atoms with Gasteiger partial charge in [0.25, 0.3) is 0 Å². The van der Waals surface area contributed by atoms with Gasteiger partial charge in [0.05, 0.1) is 6.61 Å². The highest BCUT2D eigenvalue weighted by atomic mass is 16.5. The van der Waals surface area contributed by atoms with Crippen molar-refractivity contribution in [1.29, 1.82) is 0 Å². The molecule has 1 fully saturated rings. The van der Waals surface area contributed by atoms with Crippen molar-refractivity contribution >= 4 is 5.82 Å². The van der Waals surface area contributed by atoms with Gasteiger partial charge < -0.3 is 14.8 Å². The second kappa shape index (κ2) is 8.32. The van der Waals surface area contributed by atoms with Crippen molar-refractivity contribution in [3.8, 4) is 5.88 Å². The van der Waals surface area contributed by atoms with Gasteiger partial charge in [-0.15, -0.1) is 0 Å². The van der Waals surface area contributed by atoms with E-state index in [1.165, 1.54) is 0 Å². The smallest absolute Gasteiger partial charge is 0.218 e. The predicted octanol–water partition coefficient (Wildman–Crippen LogP) is 3.82. The molecular weight excluding hydrogens is 278 g/mol. The van der Waals surface area contributed by atoms with Crippen molar-refractivity contribution in [2.24, 2.45) is 11.8 Å². The Labute approximate surface area is 133 Å². The number of hydrogen-bond acceptors (Lipinski definition) is 5. The van der Waals surface area contributed by atoms with Gasteiger partial charge in [0, 0.05) is 19.2 Å². The van der Waals surface area contributed by atoms with Gasteiger partial charge in [-0.1, -0.05) is 27.7 Å². The number of rotatable bonds is 8. The Morgan fingerprint density at radius 1 is 1.27 bits per heavy atom. The molecule has 1 aliphatic heterocycles. The van der Waals surface area contributed by atoms with Crippen LogP contribution in [0.3, 0.4) is 0 Å². The second-order valence-corrected chi connectivity index (χ2v) is 6.77. The fourth-order valence-corrected chi connectivity index (χ4v) is 2.27. The second-order valence-electron chi connectivity index (χ2n) is 6.77.